The third-order valence-electron chi connectivity index (χ3n) is 3.13. The van der Waals surface area contributed by atoms with Crippen molar-refractivity contribution in [2.24, 2.45) is 4.99 Å². The van der Waals surface area contributed by atoms with Gasteiger partial charge in [0.05, 0.1) is 11.4 Å². The van der Waals surface area contributed by atoms with Crippen LogP contribution in [0.25, 0.3) is 5.65 Å². The molecule has 0 aromatic carbocycles. The number of carbonyl (C=O) groups excluding carboxylic acids is 1. The predicted molar refractivity (Wildman–Crippen MR) is 59.0 cm³/mol. The van der Waals surface area contributed by atoms with Gasteiger partial charge in [-0.25, -0.2) is 9.78 Å². The van der Waals surface area contributed by atoms with E-state index in [-0.39, 0.29) is 5.54 Å². The molecule has 80 valence electrons. The molecule has 2 heterocycles. The minimum absolute atomic E-state index is 0.355. The summed E-state index contributed by atoms with van der Waals surface area (Å²) >= 11 is 0. The lowest BCUT2D eigenvalue weighted by atomic mass is 10.1. The minimum Gasteiger partial charge on any atom is -0.301 e. The highest BCUT2D eigenvalue weighted by Crippen LogP contribution is 2.50. The third-order valence-corrected chi connectivity index (χ3v) is 3.13. The van der Waals surface area contributed by atoms with Gasteiger partial charge in [0.2, 0.25) is 6.08 Å². The summed E-state index contributed by atoms with van der Waals surface area (Å²) in [6.07, 6.45) is 5.46. The first kappa shape index (κ1) is 9.31. The quantitative estimate of drug-likeness (QED) is 0.565. The number of rotatable bonds is 2. The van der Waals surface area contributed by atoms with Crippen LogP contribution < -0.4 is 0 Å². The lowest BCUT2D eigenvalue weighted by molar-refractivity contribution is 0.554. The molecule has 1 aliphatic rings. The lowest BCUT2D eigenvalue weighted by Gasteiger charge is -2.08. The van der Waals surface area contributed by atoms with Gasteiger partial charge in [-0.3, -0.25) is 0 Å². The maximum absolute atomic E-state index is 10.5. The lowest BCUT2D eigenvalue weighted by Crippen LogP contribution is -2.08. The molecule has 0 radical (unpaired) electrons. The van der Waals surface area contributed by atoms with Crippen molar-refractivity contribution in [2.75, 3.05) is 0 Å². The van der Waals surface area contributed by atoms with Crippen LogP contribution in [-0.4, -0.2) is 15.5 Å². The summed E-state index contributed by atoms with van der Waals surface area (Å²) in [6, 6.07) is 5.86. The Kier molecular flexibility index (Phi) is 1.76. The number of aryl methyl sites for hydroxylation is 1. The standard InChI is InChI=1S/C12H11N3O/c1-9-11(12(5-6-12)13-8-16)15-7-3-2-4-10(15)14-9/h2-4,7H,5-6H2,1H3. The topological polar surface area (TPSA) is 46.7 Å². The van der Waals surface area contributed by atoms with Crippen molar-refractivity contribution in [3.05, 3.63) is 35.8 Å². The Hall–Kier alpha value is -1.93. The van der Waals surface area contributed by atoms with Crippen LogP contribution in [0.5, 0.6) is 0 Å². The average molecular weight is 213 g/mol. The summed E-state index contributed by atoms with van der Waals surface area (Å²) in [6.45, 7) is 1.96. The van der Waals surface area contributed by atoms with E-state index in [1.54, 1.807) is 6.08 Å². The normalized spacial score (nSPS) is 17.1. The zero-order valence-electron chi connectivity index (χ0n) is 8.97. The highest BCUT2D eigenvalue weighted by Gasteiger charge is 2.48. The van der Waals surface area contributed by atoms with Crippen LogP contribution in [0.2, 0.25) is 0 Å². The van der Waals surface area contributed by atoms with Crippen molar-refractivity contribution in [3.8, 4) is 0 Å². The van der Waals surface area contributed by atoms with Crippen molar-refractivity contribution in [1.82, 2.24) is 9.38 Å². The molecule has 0 saturated heterocycles. The van der Waals surface area contributed by atoms with E-state index in [0.29, 0.717) is 0 Å². The summed E-state index contributed by atoms with van der Waals surface area (Å²) in [5.41, 5.74) is 2.53. The first-order chi connectivity index (χ1) is 7.77. The Balaban J connectivity index is 2.31. The van der Waals surface area contributed by atoms with E-state index < -0.39 is 0 Å². The molecule has 1 fully saturated rings. The molecule has 3 rings (SSSR count). The Bertz CT molecular complexity index is 604. The first-order valence-corrected chi connectivity index (χ1v) is 5.30. The first-order valence-electron chi connectivity index (χ1n) is 5.30. The Labute approximate surface area is 92.6 Å². The van der Waals surface area contributed by atoms with Crippen LogP contribution in [0.3, 0.4) is 0 Å². The highest BCUT2D eigenvalue weighted by atomic mass is 16.1. The fourth-order valence-corrected chi connectivity index (χ4v) is 2.28. The molecule has 0 spiro atoms. The molecule has 4 heteroatoms. The monoisotopic (exact) mass is 213 g/mol. The van der Waals surface area contributed by atoms with E-state index in [0.717, 1.165) is 29.9 Å². The number of fused-ring (bicyclic) bond motifs is 1. The molecule has 0 N–H and O–H groups in total. The van der Waals surface area contributed by atoms with Gasteiger partial charge in [0.25, 0.3) is 0 Å². The summed E-state index contributed by atoms with van der Waals surface area (Å²) in [5, 5.41) is 0. The molecule has 1 saturated carbocycles. The Morgan fingerprint density at radius 2 is 2.31 bits per heavy atom. The Morgan fingerprint density at radius 3 is 3.00 bits per heavy atom. The van der Waals surface area contributed by atoms with E-state index in [1.807, 2.05) is 35.7 Å². The maximum Gasteiger partial charge on any atom is 0.235 e. The average Bonchev–Trinajstić information content (AvgIpc) is 2.94. The van der Waals surface area contributed by atoms with Gasteiger partial charge in [0.1, 0.15) is 11.2 Å². The van der Waals surface area contributed by atoms with Gasteiger partial charge < -0.3 is 4.40 Å². The molecule has 0 unspecified atom stereocenters. The number of isocyanates is 1. The second-order valence-electron chi connectivity index (χ2n) is 4.21. The molecule has 0 atom stereocenters. The largest absolute Gasteiger partial charge is 0.301 e. The molecule has 0 bridgehead atoms. The minimum atomic E-state index is -0.355. The number of pyridine rings is 1. The number of imidazole rings is 1. The van der Waals surface area contributed by atoms with Gasteiger partial charge in [-0.2, -0.15) is 4.99 Å². The summed E-state index contributed by atoms with van der Waals surface area (Å²) in [4.78, 5) is 18.9. The summed E-state index contributed by atoms with van der Waals surface area (Å²) in [7, 11) is 0. The molecular weight excluding hydrogens is 202 g/mol. The zero-order chi connectivity index (χ0) is 11.2. The van der Waals surface area contributed by atoms with Gasteiger partial charge >= 0.3 is 0 Å². The molecule has 16 heavy (non-hydrogen) atoms. The summed E-state index contributed by atoms with van der Waals surface area (Å²) in [5.74, 6) is 0. The second-order valence-corrected chi connectivity index (χ2v) is 4.21. The smallest absolute Gasteiger partial charge is 0.235 e. The van der Waals surface area contributed by atoms with Crippen LogP contribution in [0.15, 0.2) is 29.4 Å². The van der Waals surface area contributed by atoms with Crippen LogP contribution >= 0.6 is 0 Å². The van der Waals surface area contributed by atoms with Crippen LogP contribution in [0, 0.1) is 6.92 Å². The molecule has 2 aromatic heterocycles. The second kappa shape index (κ2) is 3.03. The van der Waals surface area contributed by atoms with E-state index in [1.165, 1.54) is 0 Å². The van der Waals surface area contributed by atoms with Crippen LogP contribution in [-0.2, 0) is 10.3 Å². The number of aromatic nitrogens is 2. The fraction of sp³-hybridized carbons (Fsp3) is 0.333. The zero-order valence-corrected chi connectivity index (χ0v) is 8.97. The number of aliphatic imine (C=N–C) groups is 1. The highest BCUT2D eigenvalue weighted by molar-refractivity contribution is 5.48. The van der Waals surface area contributed by atoms with Crippen LogP contribution in [0.1, 0.15) is 24.2 Å². The van der Waals surface area contributed by atoms with Gasteiger partial charge in [0.15, 0.2) is 0 Å². The molecule has 4 nitrogen and oxygen atoms in total. The van der Waals surface area contributed by atoms with Gasteiger partial charge in [-0.15, -0.1) is 0 Å². The van der Waals surface area contributed by atoms with Crippen molar-refractivity contribution in [1.29, 1.82) is 0 Å². The number of hydrogen-bond acceptors (Lipinski definition) is 3. The van der Waals surface area contributed by atoms with Crippen LogP contribution in [0.4, 0.5) is 0 Å². The third kappa shape index (κ3) is 1.14. The molecular formula is C12H11N3O. The van der Waals surface area contributed by atoms with Crippen molar-refractivity contribution in [2.45, 2.75) is 25.3 Å². The van der Waals surface area contributed by atoms with Crippen molar-refractivity contribution < 1.29 is 4.79 Å². The van der Waals surface area contributed by atoms with E-state index in [9.17, 15) is 4.79 Å². The fourth-order valence-electron chi connectivity index (χ4n) is 2.28. The van der Waals surface area contributed by atoms with Gasteiger partial charge in [0, 0.05) is 6.20 Å². The summed E-state index contributed by atoms with van der Waals surface area (Å²) < 4.78 is 2.02. The maximum atomic E-state index is 10.5. The van der Waals surface area contributed by atoms with E-state index in [4.69, 9.17) is 0 Å². The van der Waals surface area contributed by atoms with Gasteiger partial charge in [-0.05, 0) is 31.9 Å². The van der Waals surface area contributed by atoms with Gasteiger partial charge in [-0.1, -0.05) is 6.07 Å². The SMILES string of the molecule is Cc1nc2ccccn2c1C1(N=C=O)CC1. The Morgan fingerprint density at radius 1 is 1.50 bits per heavy atom. The molecule has 1 aliphatic carbocycles. The van der Waals surface area contributed by atoms with Crippen molar-refractivity contribution in [3.63, 3.8) is 0 Å². The molecule has 0 amide bonds. The molecule has 0 aliphatic heterocycles. The van der Waals surface area contributed by atoms with E-state index in [2.05, 4.69) is 9.98 Å². The number of hydrogen-bond donors (Lipinski definition) is 0. The predicted octanol–water partition coefficient (Wildman–Crippen LogP) is 1.97. The van der Waals surface area contributed by atoms with E-state index >= 15 is 0 Å². The van der Waals surface area contributed by atoms with Crippen molar-refractivity contribution >= 4 is 11.7 Å². The number of nitrogens with zero attached hydrogens (tertiary/aromatic N) is 3. The molecule has 2 aromatic rings.